The average molecular weight is 397 g/mol. The van der Waals surface area contributed by atoms with E-state index in [0.717, 1.165) is 49.8 Å². The summed E-state index contributed by atoms with van der Waals surface area (Å²) in [5.74, 6) is 0.595. The van der Waals surface area contributed by atoms with Crippen LogP contribution in [0.3, 0.4) is 0 Å². The van der Waals surface area contributed by atoms with Crippen LogP contribution in [0, 0.1) is 12.7 Å². The van der Waals surface area contributed by atoms with Crippen LogP contribution in [-0.2, 0) is 0 Å². The van der Waals surface area contributed by atoms with E-state index >= 15 is 0 Å². The third-order valence-electron chi connectivity index (χ3n) is 5.18. The van der Waals surface area contributed by atoms with Gasteiger partial charge >= 0.3 is 0 Å². The lowest BCUT2D eigenvalue weighted by molar-refractivity contribution is 0.580. The number of nitrogens with zero attached hydrogens (tertiary/aromatic N) is 1. The van der Waals surface area contributed by atoms with Gasteiger partial charge in [-0.1, -0.05) is 56.9 Å². The van der Waals surface area contributed by atoms with E-state index in [1.54, 1.807) is 12.1 Å². The Hall–Kier alpha value is -3.59. The zero-order chi connectivity index (χ0) is 21.3. The zero-order valence-corrected chi connectivity index (χ0v) is 17.4. The van der Waals surface area contributed by atoms with Crippen molar-refractivity contribution in [2.75, 3.05) is 0 Å². The summed E-state index contributed by atoms with van der Waals surface area (Å²) in [7, 11) is 0. The Kier molecular flexibility index (Phi) is 5.28. The number of hydrogen-bond donors (Lipinski definition) is 0. The third-order valence-corrected chi connectivity index (χ3v) is 5.18. The molecular weight excluding hydrogens is 373 g/mol. The molecule has 0 atom stereocenters. The van der Waals surface area contributed by atoms with Crippen molar-refractivity contribution in [3.8, 4) is 5.69 Å². The van der Waals surface area contributed by atoms with Crippen LogP contribution in [-0.4, -0.2) is 4.57 Å². The Morgan fingerprint density at radius 2 is 1.67 bits per heavy atom. The van der Waals surface area contributed by atoms with Gasteiger partial charge in [0.1, 0.15) is 17.2 Å². The second-order valence-corrected chi connectivity index (χ2v) is 6.84. The highest BCUT2D eigenvalue weighted by molar-refractivity contribution is 6.20. The number of rotatable bonds is 3. The van der Waals surface area contributed by atoms with Crippen molar-refractivity contribution >= 4 is 38.9 Å². The number of para-hydroxylation sites is 1. The first-order chi connectivity index (χ1) is 14.7. The van der Waals surface area contributed by atoms with Crippen LogP contribution >= 0.6 is 0 Å². The molecule has 5 rings (SSSR count). The summed E-state index contributed by atoms with van der Waals surface area (Å²) in [5, 5.41) is 3.01. The van der Waals surface area contributed by atoms with E-state index in [9.17, 15) is 4.39 Å². The summed E-state index contributed by atoms with van der Waals surface area (Å²) in [4.78, 5) is 0. The van der Waals surface area contributed by atoms with Crippen molar-refractivity contribution in [3.05, 3.63) is 96.5 Å². The molecule has 0 saturated heterocycles. The Balaban J connectivity index is 0.00000106. The lowest BCUT2D eigenvalue weighted by Crippen LogP contribution is -1.93. The maximum atomic E-state index is 14.1. The average Bonchev–Trinajstić information content (AvgIpc) is 3.27. The summed E-state index contributed by atoms with van der Waals surface area (Å²) in [5.41, 5.74) is 4.67. The lowest BCUT2D eigenvalue weighted by atomic mass is 10.1. The molecule has 2 heterocycles. The fraction of sp³-hybridized carbons (Fsp3) is 0.111. The van der Waals surface area contributed by atoms with Gasteiger partial charge in [0.2, 0.25) is 0 Å². The first kappa shape index (κ1) is 19.7. The van der Waals surface area contributed by atoms with Crippen molar-refractivity contribution in [1.29, 1.82) is 0 Å². The van der Waals surface area contributed by atoms with E-state index in [0.29, 0.717) is 0 Å². The van der Waals surface area contributed by atoms with Gasteiger partial charge in [-0.2, -0.15) is 0 Å². The molecule has 0 amide bonds. The van der Waals surface area contributed by atoms with Gasteiger partial charge in [0, 0.05) is 22.0 Å². The Morgan fingerprint density at radius 3 is 2.40 bits per heavy atom. The second-order valence-electron chi connectivity index (χ2n) is 6.84. The molecule has 0 radical (unpaired) electrons. The molecule has 0 saturated carbocycles. The molecule has 3 aromatic carbocycles. The van der Waals surface area contributed by atoms with Crippen molar-refractivity contribution in [3.63, 3.8) is 0 Å². The second kappa shape index (κ2) is 8.03. The van der Waals surface area contributed by atoms with E-state index in [1.165, 1.54) is 6.07 Å². The summed E-state index contributed by atoms with van der Waals surface area (Å²) in [6.45, 7) is 9.71. The van der Waals surface area contributed by atoms with E-state index in [-0.39, 0.29) is 5.82 Å². The van der Waals surface area contributed by atoms with Gasteiger partial charge in [-0.05, 0) is 49.4 Å². The summed E-state index contributed by atoms with van der Waals surface area (Å²) in [6.07, 6.45) is 5.67. The minimum Gasteiger partial charge on any atom is -0.460 e. The number of hydrogen-bond acceptors (Lipinski definition) is 1. The summed E-state index contributed by atoms with van der Waals surface area (Å²) in [6, 6.07) is 19.1. The molecule has 0 unspecified atom stereocenters. The quantitative estimate of drug-likeness (QED) is 0.281. The minimum absolute atomic E-state index is 0.256. The molecular formula is C27H24FNO. The normalized spacial score (nSPS) is 11.3. The van der Waals surface area contributed by atoms with Gasteiger partial charge in [0.25, 0.3) is 0 Å². The fourth-order valence-corrected chi connectivity index (χ4v) is 3.99. The van der Waals surface area contributed by atoms with Crippen LogP contribution in [0.5, 0.6) is 0 Å². The van der Waals surface area contributed by atoms with Crippen molar-refractivity contribution in [2.45, 2.75) is 20.8 Å². The van der Waals surface area contributed by atoms with Gasteiger partial charge < -0.3 is 8.98 Å². The predicted molar refractivity (Wildman–Crippen MR) is 126 cm³/mol. The van der Waals surface area contributed by atoms with Crippen molar-refractivity contribution < 1.29 is 8.81 Å². The van der Waals surface area contributed by atoms with Gasteiger partial charge in [-0.25, -0.2) is 4.39 Å². The molecule has 0 bridgehead atoms. The minimum atomic E-state index is -0.256. The molecule has 0 aliphatic rings. The molecule has 3 heteroatoms. The molecule has 0 N–H and O–H groups in total. The summed E-state index contributed by atoms with van der Waals surface area (Å²) < 4.78 is 22.4. The first-order valence-corrected chi connectivity index (χ1v) is 10.2. The summed E-state index contributed by atoms with van der Waals surface area (Å²) >= 11 is 0. The molecule has 5 aromatic rings. The van der Waals surface area contributed by atoms with E-state index in [4.69, 9.17) is 4.42 Å². The first-order valence-electron chi connectivity index (χ1n) is 10.2. The molecule has 0 fully saturated rings. The van der Waals surface area contributed by atoms with Gasteiger partial charge in [-0.3, -0.25) is 0 Å². The van der Waals surface area contributed by atoms with Crippen molar-refractivity contribution in [1.82, 2.24) is 4.57 Å². The number of furan rings is 1. The number of benzene rings is 3. The highest BCUT2D eigenvalue weighted by Gasteiger charge is 2.19. The maximum absolute atomic E-state index is 14.1. The fourth-order valence-electron chi connectivity index (χ4n) is 3.99. The number of allylic oxidation sites excluding steroid dienone is 2. The number of aryl methyl sites for hydroxylation is 1. The lowest BCUT2D eigenvalue weighted by Gasteiger charge is -2.07. The van der Waals surface area contributed by atoms with Gasteiger partial charge in [0.15, 0.2) is 0 Å². The molecule has 0 spiro atoms. The Bertz CT molecular complexity index is 1390. The largest absolute Gasteiger partial charge is 0.460 e. The zero-order valence-electron chi connectivity index (χ0n) is 17.4. The molecule has 0 aliphatic carbocycles. The van der Waals surface area contributed by atoms with Crippen molar-refractivity contribution in [2.24, 2.45) is 0 Å². The van der Waals surface area contributed by atoms with E-state index in [1.807, 2.05) is 69.3 Å². The SMILES string of the molecule is C=C/C=C\c1c(C)oc2c1ccc1c2c2ccc(F)cc2n1-c1ccccc1.CC. The number of fused-ring (bicyclic) bond motifs is 5. The smallest absolute Gasteiger partial charge is 0.144 e. The highest BCUT2D eigenvalue weighted by Crippen LogP contribution is 2.40. The van der Waals surface area contributed by atoms with Gasteiger partial charge in [0.05, 0.1) is 16.4 Å². The molecule has 2 aromatic heterocycles. The number of halogens is 1. The highest BCUT2D eigenvalue weighted by atomic mass is 19.1. The topological polar surface area (TPSA) is 18.1 Å². The number of aromatic nitrogens is 1. The van der Waals surface area contributed by atoms with Crippen LogP contribution in [0.15, 0.2) is 83.8 Å². The molecule has 2 nitrogen and oxygen atoms in total. The van der Waals surface area contributed by atoms with Crippen LogP contribution in [0.25, 0.3) is 44.5 Å². The van der Waals surface area contributed by atoms with Gasteiger partial charge in [-0.15, -0.1) is 0 Å². The van der Waals surface area contributed by atoms with Crippen LogP contribution in [0.1, 0.15) is 25.2 Å². The van der Waals surface area contributed by atoms with Crippen LogP contribution in [0.2, 0.25) is 0 Å². The standard InChI is InChI=1S/C25H18FNO.C2H6/c1-3-4-10-19-16(2)28-25-20(19)13-14-22-24(25)21-12-11-17(26)15-23(21)27(22)18-8-6-5-7-9-18;1-2/h3-15H,1H2,2H3;1-2H3/b10-4-;. The monoisotopic (exact) mass is 397 g/mol. The van der Waals surface area contributed by atoms with E-state index < -0.39 is 0 Å². The predicted octanol–water partition coefficient (Wildman–Crippen LogP) is 8.20. The third kappa shape index (κ3) is 3.03. The van der Waals surface area contributed by atoms with Crippen LogP contribution < -0.4 is 0 Å². The van der Waals surface area contributed by atoms with E-state index in [2.05, 4.69) is 23.3 Å². The Labute approximate surface area is 175 Å². The molecule has 0 aliphatic heterocycles. The molecule has 30 heavy (non-hydrogen) atoms. The van der Waals surface area contributed by atoms with Crippen LogP contribution in [0.4, 0.5) is 4.39 Å². The Morgan fingerprint density at radius 1 is 0.933 bits per heavy atom. The molecule has 150 valence electrons. The maximum Gasteiger partial charge on any atom is 0.144 e.